The van der Waals surface area contributed by atoms with Crippen LogP contribution in [0.25, 0.3) is 0 Å². The molecule has 1 unspecified atom stereocenters. The Morgan fingerprint density at radius 3 is 2.59 bits per heavy atom. The average Bonchev–Trinajstić information content (AvgIpc) is 2.47. The summed E-state index contributed by atoms with van der Waals surface area (Å²) in [5.41, 5.74) is 2.37. The second kappa shape index (κ2) is 3.84. The first-order valence-electron chi connectivity index (χ1n) is 6.04. The van der Waals surface area contributed by atoms with E-state index in [1.807, 2.05) is 39.0 Å². The van der Waals surface area contributed by atoms with Crippen LogP contribution in [0.1, 0.15) is 44.9 Å². The third-order valence-electron chi connectivity index (χ3n) is 3.56. The Bertz CT molecular complexity index is 463. The van der Waals surface area contributed by atoms with Gasteiger partial charge in [0.1, 0.15) is 0 Å². The molecule has 0 fully saturated rings. The summed E-state index contributed by atoms with van der Waals surface area (Å²) in [6.45, 7) is 8.28. The van der Waals surface area contributed by atoms with Crippen molar-refractivity contribution < 1.29 is 9.90 Å². The highest BCUT2D eigenvalue weighted by Crippen LogP contribution is 2.42. The van der Waals surface area contributed by atoms with Crippen LogP contribution in [0.2, 0.25) is 0 Å². The maximum Gasteiger partial charge on any atom is 0.237 e. The van der Waals surface area contributed by atoms with E-state index >= 15 is 0 Å². The van der Waals surface area contributed by atoms with Gasteiger partial charge >= 0.3 is 0 Å². The van der Waals surface area contributed by atoms with Crippen molar-refractivity contribution in [3.63, 3.8) is 0 Å². The molecule has 1 heterocycles. The molecule has 3 nitrogen and oxygen atoms in total. The van der Waals surface area contributed by atoms with Crippen molar-refractivity contribution in [3.8, 4) is 0 Å². The van der Waals surface area contributed by atoms with Gasteiger partial charge in [0.15, 0.2) is 0 Å². The van der Waals surface area contributed by atoms with Crippen molar-refractivity contribution >= 4 is 11.6 Å². The van der Waals surface area contributed by atoms with Gasteiger partial charge in [-0.25, -0.2) is 0 Å². The van der Waals surface area contributed by atoms with Crippen LogP contribution in [0, 0.1) is 0 Å². The lowest BCUT2D eigenvalue weighted by Gasteiger charge is -2.18. The zero-order chi connectivity index (χ0) is 12.8. The number of carbonyl (C=O) groups excluding carboxylic acids is 1. The van der Waals surface area contributed by atoms with E-state index in [-0.39, 0.29) is 5.91 Å². The van der Waals surface area contributed by atoms with E-state index in [1.165, 1.54) is 0 Å². The summed E-state index contributed by atoms with van der Waals surface area (Å²) in [5, 5.41) is 9.62. The van der Waals surface area contributed by atoms with E-state index in [0.29, 0.717) is 6.54 Å². The fourth-order valence-electron chi connectivity index (χ4n) is 2.43. The monoisotopic (exact) mass is 233 g/mol. The van der Waals surface area contributed by atoms with Crippen LogP contribution in [0.5, 0.6) is 0 Å². The lowest BCUT2D eigenvalue weighted by Crippen LogP contribution is -2.35. The maximum absolute atomic E-state index is 12.3. The topological polar surface area (TPSA) is 40.5 Å². The lowest BCUT2D eigenvalue weighted by molar-refractivity contribution is -0.122. The summed E-state index contributed by atoms with van der Waals surface area (Å²) < 4.78 is 0. The first-order valence-corrected chi connectivity index (χ1v) is 6.04. The van der Waals surface area contributed by atoms with Gasteiger partial charge in [0.2, 0.25) is 5.91 Å². The van der Waals surface area contributed by atoms with E-state index < -0.39 is 11.5 Å². The molecule has 1 N–H and O–H groups in total. The predicted octanol–water partition coefficient (Wildman–Crippen LogP) is 2.38. The highest BCUT2D eigenvalue weighted by molar-refractivity contribution is 6.07. The molecule has 1 aromatic rings. The van der Waals surface area contributed by atoms with Gasteiger partial charge in [0.25, 0.3) is 0 Å². The predicted molar refractivity (Wildman–Crippen MR) is 68.1 cm³/mol. The van der Waals surface area contributed by atoms with Crippen LogP contribution in [0.3, 0.4) is 0 Å². The van der Waals surface area contributed by atoms with E-state index in [0.717, 1.165) is 16.8 Å². The van der Waals surface area contributed by atoms with E-state index in [4.69, 9.17) is 0 Å². The van der Waals surface area contributed by atoms with Crippen LogP contribution in [0.15, 0.2) is 18.2 Å². The minimum Gasteiger partial charge on any atom is -0.389 e. The smallest absolute Gasteiger partial charge is 0.237 e. The molecule has 0 bridgehead atoms. The molecule has 1 atom stereocenters. The first kappa shape index (κ1) is 12.1. The summed E-state index contributed by atoms with van der Waals surface area (Å²) in [7, 11) is 0. The molecule has 1 aromatic carbocycles. The first-order chi connectivity index (χ1) is 7.89. The van der Waals surface area contributed by atoms with Crippen molar-refractivity contribution in [1.82, 2.24) is 0 Å². The van der Waals surface area contributed by atoms with Gasteiger partial charge in [-0.05, 0) is 44.9 Å². The number of hydrogen-bond acceptors (Lipinski definition) is 2. The second-order valence-corrected chi connectivity index (χ2v) is 5.13. The van der Waals surface area contributed by atoms with Gasteiger partial charge in [-0.1, -0.05) is 12.1 Å². The molecular weight excluding hydrogens is 214 g/mol. The maximum atomic E-state index is 12.3. The number of rotatable bonds is 2. The highest BCUT2D eigenvalue weighted by atomic mass is 16.3. The van der Waals surface area contributed by atoms with E-state index in [1.54, 1.807) is 11.8 Å². The number of hydrogen-bond donors (Lipinski definition) is 1. The van der Waals surface area contributed by atoms with Gasteiger partial charge in [-0.15, -0.1) is 0 Å². The summed E-state index contributed by atoms with van der Waals surface area (Å²) in [6, 6.07) is 5.78. The molecule has 3 heteroatoms. The molecule has 17 heavy (non-hydrogen) atoms. The summed E-state index contributed by atoms with van der Waals surface area (Å²) in [4.78, 5) is 14.1. The molecule has 1 amide bonds. The molecule has 2 rings (SSSR count). The molecule has 92 valence electrons. The fraction of sp³-hybridized carbons (Fsp3) is 0.500. The Morgan fingerprint density at radius 2 is 2.06 bits per heavy atom. The number of aliphatic hydroxyl groups excluding tert-OH is 1. The number of amides is 1. The van der Waals surface area contributed by atoms with Crippen molar-refractivity contribution in [2.24, 2.45) is 0 Å². The van der Waals surface area contributed by atoms with Crippen molar-refractivity contribution in [2.75, 3.05) is 11.4 Å². The molecular formula is C14H19NO2. The zero-order valence-electron chi connectivity index (χ0n) is 10.8. The number of benzene rings is 1. The highest BCUT2D eigenvalue weighted by Gasteiger charge is 2.43. The average molecular weight is 233 g/mol. The number of anilines is 1. The van der Waals surface area contributed by atoms with Crippen LogP contribution in [-0.4, -0.2) is 17.6 Å². The SMILES string of the molecule is CCN1C(=O)C(C)(C)c2cc(C(C)O)ccc21. The number of aliphatic hydroxyl groups is 1. The molecule has 0 saturated heterocycles. The Hall–Kier alpha value is -1.35. The molecule has 1 aliphatic heterocycles. The fourth-order valence-corrected chi connectivity index (χ4v) is 2.43. The van der Waals surface area contributed by atoms with Crippen molar-refractivity contribution in [2.45, 2.75) is 39.2 Å². The third-order valence-corrected chi connectivity index (χ3v) is 3.56. The number of carbonyl (C=O) groups is 1. The Kier molecular flexibility index (Phi) is 2.74. The van der Waals surface area contributed by atoms with Crippen LogP contribution < -0.4 is 4.90 Å². The lowest BCUT2D eigenvalue weighted by atomic mass is 9.85. The zero-order valence-corrected chi connectivity index (χ0v) is 10.8. The Balaban J connectivity index is 2.59. The van der Waals surface area contributed by atoms with Crippen LogP contribution in [0.4, 0.5) is 5.69 Å². The van der Waals surface area contributed by atoms with Gasteiger partial charge in [0, 0.05) is 12.2 Å². The summed E-state index contributed by atoms with van der Waals surface area (Å²) in [5.74, 6) is 0.137. The second-order valence-electron chi connectivity index (χ2n) is 5.13. The standard InChI is InChI=1S/C14H19NO2/c1-5-15-12-7-6-10(9(2)16)8-11(12)14(3,4)13(15)17/h6-9,16H,5H2,1-4H3. The molecule has 0 saturated carbocycles. The molecule has 0 aliphatic carbocycles. The largest absolute Gasteiger partial charge is 0.389 e. The van der Waals surface area contributed by atoms with Gasteiger partial charge in [-0.3, -0.25) is 4.79 Å². The van der Waals surface area contributed by atoms with Crippen molar-refractivity contribution in [3.05, 3.63) is 29.3 Å². The van der Waals surface area contributed by atoms with Crippen LogP contribution in [-0.2, 0) is 10.2 Å². The van der Waals surface area contributed by atoms with Gasteiger partial charge < -0.3 is 10.0 Å². The van der Waals surface area contributed by atoms with Gasteiger partial charge in [0.05, 0.1) is 11.5 Å². The molecule has 1 aliphatic rings. The van der Waals surface area contributed by atoms with Crippen molar-refractivity contribution in [1.29, 1.82) is 0 Å². The molecule has 0 aromatic heterocycles. The number of nitrogens with zero attached hydrogens (tertiary/aromatic N) is 1. The van der Waals surface area contributed by atoms with Gasteiger partial charge in [-0.2, -0.15) is 0 Å². The normalized spacial score (nSPS) is 19.4. The minimum absolute atomic E-state index is 0.137. The summed E-state index contributed by atoms with van der Waals surface area (Å²) >= 11 is 0. The summed E-state index contributed by atoms with van der Waals surface area (Å²) in [6.07, 6.45) is -0.498. The Labute approximate surface area is 102 Å². The number of fused-ring (bicyclic) bond motifs is 1. The number of likely N-dealkylation sites (N-methyl/N-ethyl adjacent to an activating group) is 1. The van der Waals surface area contributed by atoms with E-state index in [9.17, 15) is 9.90 Å². The molecule has 0 spiro atoms. The quantitative estimate of drug-likeness (QED) is 0.852. The third kappa shape index (κ3) is 1.65. The Morgan fingerprint density at radius 1 is 1.41 bits per heavy atom. The minimum atomic E-state index is -0.498. The molecule has 0 radical (unpaired) electrons. The van der Waals surface area contributed by atoms with Crippen LogP contribution >= 0.6 is 0 Å². The van der Waals surface area contributed by atoms with E-state index in [2.05, 4.69) is 0 Å².